The van der Waals surface area contributed by atoms with Crippen LogP contribution in [-0.2, 0) is 6.54 Å². The molecule has 80 valence electrons. The van der Waals surface area contributed by atoms with E-state index in [1.165, 1.54) is 12.1 Å². The van der Waals surface area contributed by atoms with Crippen LogP contribution in [0.2, 0.25) is 0 Å². The van der Waals surface area contributed by atoms with Crippen LogP contribution in [0.4, 0.5) is 4.39 Å². The lowest BCUT2D eigenvalue weighted by atomic mass is 10.2. The van der Waals surface area contributed by atoms with E-state index in [2.05, 4.69) is 15.2 Å². The van der Waals surface area contributed by atoms with Crippen molar-refractivity contribution in [2.75, 3.05) is 0 Å². The van der Waals surface area contributed by atoms with Gasteiger partial charge in [0.1, 0.15) is 11.6 Å². The van der Waals surface area contributed by atoms with E-state index in [0.717, 1.165) is 5.56 Å². The predicted octanol–water partition coefficient (Wildman–Crippen LogP) is 1.49. The molecular weight excluding hydrogens is 219 g/mol. The SMILES string of the molecule is Cl.NCc1nc(-c2ccc(F)cc2)n[nH]1. The fourth-order valence-electron chi connectivity index (χ4n) is 1.11. The zero-order valence-electron chi connectivity index (χ0n) is 7.77. The lowest BCUT2D eigenvalue weighted by molar-refractivity contribution is 0.628. The summed E-state index contributed by atoms with van der Waals surface area (Å²) in [6, 6.07) is 5.99. The van der Waals surface area contributed by atoms with Crippen LogP contribution in [0.5, 0.6) is 0 Å². The molecule has 0 fully saturated rings. The quantitative estimate of drug-likeness (QED) is 0.819. The highest BCUT2D eigenvalue weighted by atomic mass is 35.5. The summed E-state index contributed by atoms with van der Waals surface area (Å²) in [6.45, 7) is 0.314. The van der Waals surface area contributed by atoms with Gasteiger partial charge in [0.15, 0.2) is 5.82 Å². The molecule has 0 radical (unpaired) electrons. The van der Waals surface area contributed by atoms with Gasteiger partial charge < -0.3 is 5.73 Å². The molecule has 1 aromatic heterocycles. The van der Waals surface area contributed by atoms with Gasteiger partial charge in [-0.05, 0) is 24.3 Å². The second-order valence-corrected chi connectivity index (χ2v) is 2.82. The van der Waals surface area contributed by atoms with E-state index >= 15 is 0 Å². The summed E-state index contributed by atoms with van der Waals surface area (Å²) in [7, 11) is 0. The van der Waals surface area contributed by atoms with Gasteiger partial charge in [0.2, 0.25) is 0 Å². The third-order valence-electron chi connectivity index (χ3n) is 1.83. The molecule has 4 nitrogen and oxygen atoms in total. The van der Waals surface area contributed by atoms with Crippen LogP contribution in [0.3, 0.4) is 0 Å². The van der Waals surface area contributed by atoms with Gasteiger partial charge in [-0.2, -0.15) is 5.10 Å². The molecule has 0 spiro atoms. The highest BCUT2D eigenvalue weighted by Gasteiger charge is 2.04. The normalized spacial score (nSPS) is 9.73. The molecule has 0 aliphatic rings. The van der Waals surface area contributed by atoms with E-state index in [0.29, 0.717) is 18.2 Å². The van der Waals surface area contributed by atoms with Crippen LogP contribution in [-0.4, -0.2) is 15.2 Å². The van der Waals surface area contributed by atoms with Crippen molar-refractivity contribution in [3.05, 3.63) is 35.9 Å². The molecule has 0 amide bonds. The van der Waals surface area contributed by atoms with Crippen LogP contribution in [0, 0.1) is 5.82 Å². The van der Waals surface area contributed by atoms with Crippen molar-refractivity contribution in [2.45, 2.75) is 6.54 Å². The lowest BCUT2D eigenvalue weighted by Gasteiger charge is -1.93. The zero-order chi connectivity index (χ0) is 9.97. The number of benzene rings is 1. The predicted molar refractivity (Wildman–Crippen MR) is 56.9 cm³/mol. The molecular formula is C9H10ClFN4. The molecule has 1 aromatic carbocycles. The molecule has 1 heterocycles. The second kappa shape index (κ2) is 4.86. The highest BCUT2D eigenvalue weighted by molar-refractivity contribution is 5.85. The first-order valence-electron chi connectivity index (χ1n) is 4.17. The summed E-state index contributed by atoms with van der Waals surface area (Å²) in [5, 5.41) is 6.64. The summed E-state index contributed by atoms with van der Waals surface area (Å²) in [5.41, 5.74) is 6.14. The molecule has 3 N–H and O–H groups in total. The molecule has 0 atom stereocenters. The van der Waals surface area contributed by atoms with Crippen molar-refractivity contribution < 1.29 is 4.39 Å². The van der Waals surface area contributed by atoms with Crippen LogP contribution in [0.25, 0.3) is 11.4 Å². The van der Waals surface area contributed by atoms with Crippen molar-refractivity contribution in [2.24, 2.45) is 5.73 Å². The van der Waals surface area contributed by atoms with Crippen molar-refractivity contribution in [1.29, 1.82) is 0 Å². The van der Waals surface area contributed by atoms with E-state index in [9.17, 15) is 4.39 Å². The van der Waals surface area contributed by atoms with Gasteiger partial charge in [0.05, 0.1) is 6.54 Å². The van der Waals surface area contributed by atoms with E-state index in [4.69, 9.17) is 5.73 Å². The van der Waals surface area contributed by atoms with E-state index in [-0.39, 0.29) is 18.2 Å². The monoisotopic (exact) mass is 228 g/mol. The molecule has 2 aromatic rings. The summed E-state index contributed by atoms with van der Waals surface area (Å²) < 4.78 is 12.6. The Hall–Kier alpha value is -1.46. The van der Waals surface area contributed by atoms with Gasteiger partial charge in [0.25, 0.3) is 0 Å². The first-order chi connectivity index (χ1) is 6.79. The molecule has 2 rings (SSSR count). The van der Waals surface area contributed by atoms with Gasteiger partial charge >= 0.3 is 0 Å². The molecule has 0 saturated carbocycles. The van der Waals surface area contributed by atoms with Crippen LogP contribution in [0.1, 0.15) is 5.82 Å². The average molecular weight is 229 g/mol. The van der Waals surface area contributed by atoms with Gasteiger partial charge in [-0.25, -0.2) is 9.37 Å². The van der Waals surface area contributed by atoms with Crippen molar-refractivity contribution in [3.8, 4) is 11.4 Å². The topological polar surface area (TPSA) is 67.6 Å². The van der Waals surface area contributed by atoms with Gasteiger partial charge in [-0.3, -0.25) is 5.10 Å². The minimum atomic E-state index is -0.275. The first-order valence-corrected chi connectivity index (χ1v) is 4.17. The fourth-order valence-corrected chi connectivity index (χ4v) is 1.11. The Balaban J connectivity index is 0.00000112. The Morgan fingerprint density at radius 3 is 2.47 bits per heavy atom. The highest BCUT2D eigenvalue weighted by Crippen LogP contribution is 2.14. The molecule has 0 aliphatic carbocycles. The largest absolute Gasteiger partial charge is 0.324 e. The molecule has 0 unspecified atom stereocenters. The molecule has 0 saturated heterocycles. The maximum Gasteiger partial charge on any atom is 0.181 e. The Morgan fingerprint density at radius 2 is 1.93 bits per heavy atom. The number of aromatic amines is 1. The maximum absolute atomic E-state index is 12.6. The number of nitrogens with zero attached hydrogens (tertiary/aromatic N) is 2. The fraction of sp³-hybridized carbons (Fsp3) is 0.111. The van der Waals surface area contributed by atoms with E-state index in [1.54, 1.807) is 12.1 Å². The smallest absolute Gasteiger partial charge is 0.181 e. The van der Waals surface area contributed by atoms with Gasteiger partial charge in [-0.15, -0.1) is 12.4 Å². The minimum absolute atomic E-state index is 0. The molecule has 15 heavy (non-hydrogen) atoms. The summed E-state index contributed by atoms with van der Waals surface area (Å²) in [6.07, 6.45) is 0. The Bertz CT molecular complexity index is 426. The zero-order valence-corrected chi connectivity index (χ0v) is 8.59. The molecule has 6 heteroatoms. The third kappa shape index (κ3) is 2.51. The van der Waals surface area contributed by atoms with Crippen LogP contribution in [0.15, 0.2) is 24.3 Å². The number of H-pyrrole nitrogens is 1. The number of nitrogens with one attached hydrogen (secondary N) is 1. The number of rotatable bonds is 2. The Kier molecular flexibility index (Phi) is 3.76. The van der Waals surface area contributed by atoms with Crippen LogP contribution < -0.4 is 5.73 Å². The lowest BCUT2D eigenvalue weighted by Crippen LogP contribution is -1.97. The summed E-state index contributed by atoms with van der Waals surface area (Å²) in [4.78, 5) is 4.11. The average Bonchev–Trinajstić information content (AvgIpc) is 2.67. The standard InChI is InChI=1S/C9H9FN4.ClH/c10-7-3-1-6(2-4-7)9-12-8(5-11)13-14-9;/h1-4H,5,11H2,(H,12,13,14);1H. The van der Waals surface area contributed by atoms with Crippen LogP contribution >= 0.6 is 12.4 Å². The first kappa shape index (κ1) is 11.6. The van der Waals surface area contributed by atoms with Gasteiger partial charge in [-0.1, -0.05) is 0 Å². The van der Waals surface area contributed by atoms with Crippen molar-refractivity contribution in [1.82, 2.24) is 15.2 Å². The molecule has 0 bridgehead atoms. The second-order valence-electron chi connectivity index (χ2n) is 2.82. The minimum Gasteiger partial charge on any atom is -0.324 e. The summed E-state index contributed by atoms with van der Waals surface area (Å²) >= 11 is 0. The van der Waals surface area contributed by atoms with Crippen molar-refractivity contribution in [3.63, 3.8) is 0 Å². The number of aromatic nitrogens is 3. The van der Waals surface area contributed by atoms with E-state index < -0.39 is 0 Å². The van der Waals surface area contributed by atoms with Crippen molar-refractivity contribution >= 4 is 12.4 Å². The van der Waals surface area contributed by atoms with E-state index in [1.807, 2.05) is 0 Å². The third-order valence-corrected chi connectivity index (χ3v) is 1.83. The Morgan fingerprint density at radius 1 is 1.27 bits per heavy atom. The number of nitrogens with two attached hydrogens (primary N) is 1. The number of halogens is 2. The molecule has 0 aliphatic heterocycles. The Labute approximate surface area is 92.1 Å². The summed E-state index contributed by atoms with van der Waals surface area (Å²) in [5.74, 6) is 0.873. The maximum atomic E-state index is 12.6. The number of hydrogen-bond acceptors (Lipinski definition) is 3. The van der Waals surface area contributed by atoms with Gasteiger partial charge in [0, 0.05) is 5.56 Å². The number of hydrogen-bond donors (Lipinski definition) is 2.